The third-order valence-corrected chi connectivity index (χ3v) is 3.21. The van der Waals surface area contributed by atoms with Crippen molar-refractivity contribution in [3.05, 3.63) is 27.8 Å². The molecule has 3 nitrogen and oxygen atoms in total. The largest absolute Gasteiger partial charge is 0.325 e. The molecule has 0 radical (unpaired) electrons. The second-order valence-electron chi connectivity index (χ2n) is 3.65. The normalized spacial score (nSPS) is 20.2. The van der Waals surface area contributed by atoms with Crippen LogP contribution in [0.3, 0.4) is 0 Å². The van der Waals surface area contributed by atoms with Crippen LogP contribution in [-0.4, -0.2) is 18.5 Å². The number of carbonyl (C=O) groups is 1. The lowest BCUT2D eigenvalue weighted by atomic mass is 10.2. The molecule has 80 valence electrons. The number of carbonyl (C=O) groups excluding carboxylic acids is 1. The number of nitrogens with one attached hydrogen (secondary N) is 2. The Morgan fingerprint density at radius 2 is 2.13 bits per heavy atom. The topological polar surface area (TPSA) is 41.1 Å². The van der Waals surface area contributed by atoms with Gasteiger partial charge in [0.25, 0.3) is 0 Å². The van der Waals surface area contributed by atoms with Crippen LogP contribution < -0.4 is 10.6 Å². The standard InChI is InChI=1S/C11H13IN2O/c12-8-3-5-9(6-4-8)14-11(15)10-2-1-7-13-10/h3-6,10,13H,1-2,7H2,(H,14,15). The molecule has 1 aliphatic rings. The van der Waals surface area contributed by atoms with Crippen molar-refractivity contribution < 1.29 is 4.79 Å². The zero-order valence-corrected chi connectivity index (χ0v) is 10.5. The summed E-state index contributed by atoms with van der Waals surface area (Å²) in [6.45, 7) is 0.949. The van der Waals surface area contributed by atoms with Crippen LogP contribution in [0.4, 0.5) is 5.69 Å². The summed E-state index contributed by atoms with van der Waals surface area (Å²) in [6.07, 6.45) is 2.03. The van der Waals surface area contributed by atoms with Gasteiger partial charge in [-0.3, -0.25) is 4.79 Å². The number of benzene rings is 1. The van der Waals surface area contributed by atoms with Gasteiger partial charge in [0.2, 0.25) is 5.91 Å². The first-order valence-corrected chi connectivity index (χ1v) is 6.13. The summed E-state index contributed by atoms with van der Waals surface area (Å²) in [5.74, 6) is 0.0775. The SMILES string of the molecule is O=C(Nc1ccc(I)cc1)C1CCCN1. The van der Waals surface area contributed by atoms with E-state index < -0.39 is 0 Å². The molecule has 0 aliphatic carbocycles. The van der Waals surface area contributed by atoms with Crippen LogP contribution in [0.1, 0.15) is 12.8 Å². The molecule has 1 fully saturated rings. The van der Waals surface area contributed by atoms with Gasteiger partial charge in [-0.05, 0) is 66.2 Å². The molecule has 0 saturated carbocycles. The zero-order valence-electron chi connectivity index (χ0n) is 8.29. The quantitative estimate of drug-likeness (QED) is 0.819. The van der Waals surface area contributed by atoms with Gasteiger partial charge in [0.1, 0.15) is 0 Å². The van der Waals surface area contributed by atoms with Crippen LogP contribution in [0.25, 0.3) is 0 Å². The fourth-order valence-electron chi connectivity index (χ4n) is 1.67. The first-order chi connectivity index (χ1) is 7.25. The predicted octanol–water partition coefficient (Wildman–Crippen LogP) is 1.98. The number of hydrogen-bond donors (Lipinski definition) is 2. The molecule has 1 heterocycles. The van der Waals surface area contributed by atoms with Crippen molar-refractivity contribution in [2.24, 2.45) is 0 Å². The molecule has 1 aromatic rings. The Bertz CT molecular complexity index is 344. The van der Waals surface area contributed by atoms with E-state index in [-0.39, 0.29) is 11.9 Å². The summed E-state index contributed by atoms with van der Waals surface area (Å²) < 4.78 is 1.17. The van der Waals surface area contributed by atoms with Crippen LogP contribution in [0.15, 0.2) is 24.3 Å². The summed E-state index contributed by atoms with van der Waals surface area (Å²) in [7, 11) is 0. The summed E-state index contributed by atoms with van der Waals surface area (Å²) in [5, 5.41) is 6.08. The van der Waals surface area contributed by atoms with Gasteiger partial charge >= 0.3 is 0 Å². The fraction of sp³-hybridized carbons (Fsp3) is 0.364. The molecule has 1 aliphatic heterocycles. The molecule has 1 atom stereocenters. The highest BCUT2D eigenvalue weighted by atomic mass is 127. The summed E-state index contributed by atoms with van der Waals surface area (Å²) in [6, 6.07) is 7.81. The second kappa shape index (κ2) is 4.94. The predicted molar refractivity (Wildman–Crippen MR) is 68.8 cm³/mol. The molecule has 0 bridgehead atoms. The molecule has 1 unspecified atom stereocenters. The van der Waals surface area contributed by atoms with Gasteiger partial charge in [0, 0.05) is 9.26 Å². The van der Waals surface area contributed by atoms with Gasteiger partial charge in [-0.25, -0.2) is 0 Å². The van der Waals surface area contributed by atoms with Crippen LogP contribution in [0.2, 0.25) is 0 Å². The van der Waals surface area contributed by atoms with Crippen LogP contribution in [-0.2, 0) is 4.79 Å². The minimum Gasteiger partial charge on any atom is -0.325 e. The fourth-order valence-corrected chi connectivity index (χ4v) is 2.03. The number of rotatable bonds is 2. The molecule has 2 rings (SSSR count). The molecular weight excluding hydrogens is 303 g/mol. The van der Waals surface area contributed by atoms with Crippen LogP contribution >= 0.6 is 22.6 Å². The van der Waals surface area contributed by atoms with Crippen molar-refractivity contribution in [2.75, 3.05) is 11.9 Å². The average Bonchev–Trinajstić information content (AvgIpc) is 2.74. The molecule has 0 aromatic heterocycles. The van der Waals surface area contributed by atoms with E-state index in [4.69, 9.17) is 0 Å². The molecule has 15 heavy (non-hydrogen) atoms. The van der Waals surface area contributed by atoms with E-state index in [1.807, 2.05) is 24.3 Å². The Morgan fingerprint density at radius 1 is 1.40 bits per heavy atom. The van der Waals surface area contributed by atoms with E-state index in [0.717, 1.165) is 25.1 Å². The molecular formula is C11H13IN2O. The van der Waals surface area contributed by atoms with E-state index in [2.05, 4.69) is 33.2 Å². The number of hydrogen-bond acceptors (Lipinski definition) is 2. The van der Waals surface area contributed by atoms with Crippen molar-refractivity contribution in [3.63, 3.8) is 0 Å². The van der Waals surface area contributed by atoms with E-state index >= 15 is 0 Å². The van der Waals surface area contributed by atoms with Crippen molar-refractivity contribution in [3.8, 4) is 0 Å². The summed E-state index contributed by atoms with van der Waals surface area (Å²) >= 11 is 2.24. The molecule has 4 heteroatoms. The molecule has 0 spiro atoms. The van der Waals surface area contributed by atoms with Crippen molar-refractivity contribution in [1.29, 1.82) is 0 Å². The lowest BCUT2D eigenvalue weighted by Gasteiger charge is -2.10. The minimum atomic E-state index is -0.00993. The monoisotopic (exact) mass is 316 g/mol. The Labute approximate surface area is 103 Å². The van der Waals surface area contributed by atoms with Gasteiger partial charge < -0.3 is 10.6 Å². The minimum absolute atomic E-state index is 0.00993. The molecule has 1 saturated heterocycles. The van der Waals surface area contributed by atoms with Crippen LogP contribution in [0.5, 0.6) is 0 Å². The van der Waals surface area contributed by atoms with Crippen molar-refractivity contribution in [1.82, 2.24) is 5.32 Å². The maximum atomic E-state index is 11.7. The van der Waals surface area contributed by atoms with E-state index in [0.29, 0.717) is 0 Å². The second-order valence-corrected chi connectivity index (χ2v) is 4.89. The Balaban J connectivity index is 1.96. The van der Waals surface area contributed by atoms with Gasteiger partial charge in [-0.1, -0.05) is 0 Å². The summed E-state index contributed by atoms with van der Waals surface area (Å²) in [4.78, 5) is 11.7. The Hall–Kier alpha value is -0.620. The van der Waals surface area contributed by atoms with Crippen molar-refractivity contribution >= 4 is 34.2 Å². The third kappa shape index (κ3) is 2.92. The molecule has 1 amide bonds. The molecule has 1 aromatic carbocycles. The van der Waals surface area contributed by atoms with Gasteiger partial charge in [0.15, 0.2) is 0 Å². The lowest BCUT2D eigenvalue weighted by Crippen LogP contribution is -2.35. The summed E-state index contributed by atoms with van der Waals surface area (Å²) in [5.41, 5.74) is 0.870. The number of halogens is 1. The van der Waals surface area contributed by atoms with Crippen LogP contribution in [0, 0.1) is 3.57 Å². The van der Waals surface area contributed by atoms with E-state index in [1.165, 1.54) is 3.57 Å². The highest BCUT2D eigenvalue weighted by Crippen LogP contribution is 2.13. The first-order valence-electron chi connectivity index (χ1n) is 5.05. The first kappa shape index (κ1) is 10.9. The Morgan fingerprint density at radius 3 is 2.73 bits per heavy atom. The molecule has 2 N–H and O–H groups in total. The third-order valence-electron chi connectivity index (χ3n) is 2.49. The van der Waals surface area contributed by atoms with Crippen molar-refractivity contribution in [2.45, 2.75) is 18.9 Å². The van der Waals surface area contributed by atoms with Gasteiger partial charge in [-0.2, -0.15) is 0 Å². The Kier molecular flexibility index (Phi) is 3.58. The number of anilines is 1. The highest BCUT2D eigenvalue weighted by Gasteiger charge is 2.21. The maximum Gasteiger partial charge on any atom is 0.241 e. The lowest BCUT2D eigenvalue weighted by molar-refractivity contribution is -0.117. The van der Waals surface area contributed by atoms with Gasteiger partial charge in [-0.15, -0.1) is 0 Å². The maximum absolute atomic E-state index is 11.7. The average molecular weight is 316 g/mol. The van der Waals surface area contributed by atoms with E-state index in [9.17, 15) is 4.79 Å². The smallest absolute Gasteiger partial charge is 0.241 e. The zero-order chi connectivity index (χ0) is 10.7. The van der Waals surface area contributed by atoms with E-state index in [1.54, 1.807) is 0 Å². The number of amides is 1. The van der Waals surface area contributed by atoms with Gasteiger partial charge in [0.05, 0.1) is 6.04 Å². The highest BCUT2D eigenvalue weighted by molar-refractivity contribution is 14.1.